The van der Waals surface area contributed by atoms with Crippen molar-refractivity contribution in [3.8, 4) is 0 Å². The zero-order valence-corrected chi connectivity index (χ0v) is 16.0. The Morgan fingerprint density at radius 1 is 1.08 bits per heavy atom. The van der Waals surface area contributed by atoms with Gasteiger partial charge >= 0.3 is 6.03 Å². The lowest BCUT2D eigenvalue weighted by atomic mass is 9.86. The van der Waals surface area contributed by atoms with Gasteiger partial charge in [0.2, 0.25) is 5.91 Å². The van der Waals surface area contributed by atoms with Gasteiger partial charge in [-0.2, -0.15) is 0 Å². The van der Waals surface area contributed by atoms with E-state index in [1.54, 1.807) is 0 Å². The minimum atomic E-state index is -0.0614. The van der Waals surface area contributed by atoms with Crippen LogP contribution in [-0.4, -0.2) is 103 Å². The zero-order valence-electron chi connectivity index (χ0n) is 16.0. The smallest absolute Gasteiger partial charge is 0.320 e. The van der Waals surface area contributed by atoms with Crippen LogP contribution in [0.3, 0.4) is 0 Å². The van der Waals surface area contributed by atoms with Crippen LogP contribution in [0.1, 0.15) is 32.1 Å². The third-order valence-electron chi connectivity index (χ3n) is 6.73. The highest BCUT2D eigenvalue weighted by atomic mass is 16.5. The molecule has 3 aliphatic heterocycles. The molecule has 3 heterocycles. The Morgan fingerprint density at radius 2 is 1.85 bits per heavy atom. The predicted molar refractivity (Wildman–Crippen MR) is 97.9 cm³/mol. The number of nitrogens with zero attached hydrogens (tertiary/aromatic N) is 4. The summed E-state index contributed by atoms with van der Waals surface area (Å²) in [5, 5.41) is 0. The molecule has 0 aromatic carbocycles. The van der Waals surface area contributed by atoms with Gasteiger partial charge in [0.05, 0.1) is 13.2 Å². The molecule has 0 aromatic heterocycles. The monoisotopic (exact) mass is 364 g/mol. The van der Waals surface area contributed by atoms with Crippen LogP contribution in [0.15, 0.2) is 0 Å². The number of ether oxygens (including phenoxy) is 1. The number of morpholine rings is 1. The molecule has 0 radical (unpaired) electrons. The highest BCUT2D eigenvalue weighted by Gasteiger charge is 2.44. The van der Waals surface area contributed by atoms with Crippen LogP contribution < -0.4 is 0 Å². The molecule has 0 unspecified atom stereocenters. The molecular formula is C19H32N4O3. The molecule has 3 amide bonds. The van der Waals surface area contributed by atoms with Crippen LogP contribution in [0.4, 0.5) is 4.79 Å². The minimum Gasteiger partial charge on any atom is -0.378 e. The quantitative estimate of drug-likeness (QED) is 0.729. The number of amides is 3. The highest BCUT2D eigenvalue weighted by Crippen LogP contribution is 2.35. The topological polar surface area (TPSA) is 56.3 Å². The number of hydrogen-bond donors (Lipinski definition) is 0. The van der Waals surface area contributed by atoms with Crippen molar-refractivity contribution in [2.45, 2.75) is 37.6 Å². The van der Waals surface area contributed by atoms with Crippen LogP contribution >= 0.6 is 0 Å². The standard InChI is InChI=1S/C19H32N4O3/c1-20-8-9-23(18(25)21-10-12-26-13-11-21)15-19(20)5-4-17(24)22(7-6-19)14-16-2-3-16/h16H,2-15H2,1H3/t19-/m0/s1. The van der Waals surface area contributed by atoms with Gasteiger partial charge < -0.3 is 19.4 Å². The second kappa shape index (κ2) is 7.35. The summed E-state index contributed by atoms with van der Waals surface area (Å²) < 4.78 is 5.38. The summed E-state index contributed by atoms with van der Waals surface area (Å²) in [6.45, 7) is 6.81. The van der Waals surface area contributed by atoms with Crippen molar-refractivity contribution < 1.29 is 14.3 Å². The van der Waals surface area contributed by atoms with E-state index in [1.807, 2.05) is 9.80 Å². The third-order valence-corrected chi connectivity index (χ3v) is 6.73. The summed E-state index contributed by atoms with van der Waals surface area (Å²) in [6.07, 6.45) is 4.98. The van der Waals surface area contributed by atoms with Crippen molar-refractivity contribution in [3.63, 3.8) is 0 Å². The average molecular weight is 364 g/mol. The van der Waals surface area contributed by atoms with E-state index in [0.29, 0.717) is 38.6 Å². The number of carbonyl (C=O) groups is 2. The van der Waals surface area contributed by atoms with Crippen LogP contribution in [0, 0.1) is 5.92 Å². The van der Waals surface area contributed by atoms with Crippen molar-refractivity contribution in [1.29, 1.82) is 0 Å². The van der Waals surface area contributed by atoms with Crippen molar-refractivity contribution in [1.82, 2.24) is 19.6 Å². The molecule has 4 aliphatic rings. The Balaban J connectivity index is 1.43. The van der Waals surface area contributed by atoms with E-state index in [9.17, 15) is 9.59 Å². The fourth-order valence-corrected chi connectivity index (χ4v) is 4.62. The fourth-order valence-electron chi connectivity index (χ4n) is 4.62. The number of piperazine rings is 1. The molecule has 0 bridgehead atoms. The molecule has 7 nitrogen and oxygen atoms in total. The van der Waals surface area contributed by atoms with Gasteiger partial charge in [0, 0.05) is 57.8 Å². The van der Waals surface area contributed by atoms with Gasteiger partial charge in [0.15, 0.2) is 0 Å². The van der Waals surface area contributed by atoms with E-state index in [1.165, 1.54) is 12.8 Å². The predicted octanol–water partition coefficient (Wildman–Crippen LogP) is 0.847. The molecule has 0 N–H and O–H groups in total. The summed E-state index contributed by atoms with van der Waals surface area (Å²) in [7, 11) is 2.16. The molecule has 4 fully saturated rings. The van der Waals surface area contributed by atoms with Gasteiger partial charge in [-0.05, 0) is 38.6 Å². The first-order valence-corrected chi connectivity index (χ1v) is 10.2. The zero-order chi connectivity index (χ0) is 18.1. The lowest BCUT2D eigenvalue weighted by Crippen LogP contribution is -2.64. The second-order valence-electron chi connectivity index (χ2n) is 8.48. The fraction of sp³-hybridized carbons (Fsp3) is 0.895. The number of likely N-dealkylation sites (tertiary alicyclic amines) is 1. The van der Waals surface area contributed by atoms with Gasteiger partial charge in [-0.15, -0.1) is 0 Å². The van der Waals surface area contributed by atoms with Crippen molar-refractivity contribution >= 4 is 11.9 Å². The first kappa shape index (κ1) is 18.0. The maximum atomic E-state index is 13.0. The van der Waals surface area contributed by atoms with Crippen LogP contribution in [-0.2, 0) is 9.53 Å². The number of likely N-dealkylation sites (N-methyl/N-ethyl adjacent to an activating group) is 1. The summed E-state index contributed by atoms with van der Waals surface area (Å²) >= 11 is 0. The average Bonchev–Trinajstić information content (AvgIpc) is 3.50. The van der Waals surface area contributed by atoms with Crippen LogP contribution in [0.5, 0.6) is 0 Å². The van der Waals surface area contributed by atoms with Crippen LogP contribution in [0.25, 0.3) is 0 Å². The molecule has 3 saturated heterocycles. The van der Waals surface area contributed by atoms with Crippen molar-refractivity contribution in [3.05, 3.63) is 0 Å². The molecule has 1 saturated carbocycles. The van der Waals surface area contributed by atoms with E-state index in [2.05, 4.69) is 16.8 Å². The van der Waals surface area contributed by atoms with E-state index in [-0.39, 0.29) is 11.6 Å². The Labute approximate surface area is 156 Å². The van der Waals surface area contributed by atoms with Crippen molar-refractivity contribution in [2.75, 3.05) is 66.1 Å². The van der Waals surface area contributed by atoms with E-state index >= 15 is 0 Å². The molecule has 0 aromatic rings. The lowest BCUT2D eigenvalue weighted by Gasteiger charge is -2.50. The molecule has 7 heteroatoms. The summed E-state index contributed by atoms with van der Waals surface area (Å²) in [5.74, 6) is 1.04. The van der Waals surface area contributed by atoms with E-state index < -0.39 is 0 Å². The number of hydrogen-bond acceptors (Lipinski definition) is 4. The maximum absolute atomic E-state index is 13.0. The molecule has 1 atom stereocenters. The third kappa shape index (κ3) is 3.69. The molecular weight excluding hydrogens is 332 g/mol. The minimum absolute atomic E-state index is 0.0614. The number of carbonyl (C=O) groups excluding carboxylic acids is 2. The Kier molecular flexibility index (Phi) is 5.10. The van der Waals surface area contributed by atoms with Gasteiger partial charge in [0.25, 0.3) is 0 Å². The summed E-state index contributed by atoms with van der Waals surface area (Å²) in [6, 6.07) is 0.145. The molecule has 4 rings (SSSR count). The lowest BCUT2D eigenvalue weighted by molar-refractivity contribution is -0.130. The van der Waals surface area contributed by atoms with Crippen molar-refractivity contribution in [2.24, 2.45) is 5.92 Å². The summed E-state index contributed by atoms with van der Waals surface area (Å²) in [4.78, 5) is 34.0. The van der Waals surface area contributed by atoms with Gasteiger partial charge in [-0.25, -0.2) is 4.79 Å². The first-order chi connectivity index (χ1) is 12.6. The van der Waals surface area contributed by atoms with E-state index in [4.69, 9.17) is 4.74 Å². The molecule has 146 valence electrons. The number of rotatable bonds is 2. The Morgan fingerprint density at radius 3 is 2.58 bits per heavy atom. The largest absolute Gasteiger partial charge is 0.378 e. The molecule has 1 aliphatic carbocycles. The van der Waals surface area contributed by atoms with Crippen LogP contribution in [0.2, 0.25) is 0 Å². The Hall–Kier alpha value is -1.34. The highest BCUT2D eigenvalue weighted by molar-refractivity contribution is 5.77. The van der Waals surface area contributed by atoms with E-state index in [0.717, 1.165) is 51.5 Å². The van der Waals surface area contributed by atoms with Gasteiger partial charge in [0.1, 0.15) is 0 Å². The molecule has 1 spiro atoms. The first-order valence-electron chi connectivity index (χ1n) is 10.2. The second-order valence-corrected chi connectivity index (χ2v) is 8.48. The van der Waals surface area contributed by atoms with Gasteiger partial charge in [-0.1, -0.05) is 0 Å². The Bertz CT molecular complexity index is 547. The maximum Gasteiger partial charge on any atom is 0.320 e. The normalized spacial score (nSPS) is 31.4. The SMILES string of the molecule is CN1CCN(C(=O)N2CCOCC2)C[C@@]12CCC(=O)N(CC1CC1)CC2. The molecule has 26 heavy (non-hydrogen) atoms. The summed E-state index contributed by atoms with van der Waals surface area (Å²) in [5.41, 5.74) is -0.0614. The number of urea groups is 1. The van der Waals surface area contributed by atoms with Gasteiger partial charge in [-0.3, -0.25) is 9.69 Å².